The van der Waals surface area contributed by atoms with E-state index in [1.54, 1.807) is 36.4 Å². The third kappa shape index (κ3) is 4.78. The highest BCUT2D eigenvalue weighted by atomic mass is 32.2. The van der Waals surface area contributed by atoms with Crippen LogP contribution in [-0.4, -0.2) is 14.3 Å². The van der Waals surface area contributed by atoms with E-state index in [0.29, 0.717) is 16.8 Å². The van der Waals surface area contributed by atoms with E-state index in [1.165, 1.54) is 0 Å². The molecule has 0 atom stereocenters. The van der Waals surface area contributed by atoms with Crippen molar-refractivity contribution in [1.82, 2.24) is 0 Å². The first-order valence-corrected chi connectivity index (χ1v) is 9.68. The van der Waals surface area contributed by atoms with Crippen molar-refractivity contribution in [3.63, 3.8) is 0 Å². The molecule has 0 aliphatic heterocycles. The van der Waals surface area contributed by atoms with Crippen molar-refractivity contribution >= 4 is 21.6 Å². The second-order valence-electron chi connectivity index (χ2n) is 5.90. The number of hydrogen-bond donors (Lipinski definition) is 2. The number of nitrogens with one attached hydrogen (secondary N) is 1. The number of rotatable bonds is 5. The molecule has 0 fully saturated rings. The van der Waals surface area contributed by atoms with Gasteiger partial charge in [0.25, 0.3) is 5.91 Å². The fraction of sp³-hybridized carbons (Fsp3) is 0.0500. The first-order valence-electron chi connectivity index (χ1n) is 7.97. The van der Waals surface area contributed by atoms with E-state index in [2.05, 4.69) is 5.32 Å². The summed E-state index contributed by atoms with van der Waals surface area (Å²) in [5.74, 6) is -0.467. The van der Waals surface area contributed by atoms with E-state index in [-0.39, 0.29) is 11.7 Å². The molecule has 3 N–H and O–H groups in total. The van der Waals surface area contributed by atoms with Gasteiger partial charge in [0.05, 0.1) is 5.75 Å². The first kappa shape index (κ1) is 17.8. The van der Waals surface area contributed by atoms with E-state index in [1.807, 2.05) is 42.5 Å². The summed E-state index contributed by atoms with van der Waals surface area (Å²) in [4.78, 5) is 12.3. The molecule has 0 bridgehead atoms. The summed E-state index contributed by atoms with van der Waals surface area (Å²) in [5.41, 5.74) is 3.82. The smallest absolute Gasteiger partial charge is 0.255 e. The number of amides is 1. The van der Waals surface area contributed by atoms with E-state index in [4.69, 9.17) is 5.14 Å². The van der Waals surface area contributed by atoms with Crippen molar-refractivity contribution in [2.45, 2.75) is 5.75 Å². The van der Waals surface area contributed by atoms with Gasteiger partial charge in [-0.05, 0) is 41.0 Å². The van der Waals surface area contributed by atoms with Gasteiger partial charge in [-0.3, -0.25) is 4.79 Å². The molecule has 26 heavy (non-hydrogen) atoms. The van der Waals surface area contributed by atoms with Crippen molar-refractivity contribution in [2.75, 3.05) is 5.32 Å². The number of benzene rings is 3. The molecule has 0 saturated heterocycles. The Kier molecular flexibility index (Phi) is 5.16. The maximum atomic E-state index is 12.3. The Morgan fingerprint density at radius 2 is 1.38 bits per heavy atom. The van der Waals surface area contributed by atoms with Gasteiger partial charge in [-0.15, -0.1) is 0 Å². The van der Waals surface area contributed by atoms with Gasteiger partial charge in [-0.25, -0.2) is 13.6 Å². The van der Waals surface area contributed by atoms with Crippen LogP contribution >= 0.6 is 0 Å². The molecule has 3 rings (SSSR count). The Bertz CT molecular complexity index is 997. The third-order valence-corrected chi connectivity index (χ3v) is 4.57. The summed E-state index contributed by atoms with van der Waals surface area (Å²) in [6.07, 6.45) is 0. The highest BCUT2D eigenvalue weighted by molar-refractivity contribution is 7.88. The SMILES string of the molecule is NS(=O)(=O)Cc1ccc(NC(=O)c2ccc(-c3ccccc3)cc2)cc1. The molecule has 0 aliphatic carbocycles. The van der Waals surface area contributed by atoms with Gasteiger partial charge in [0.2, 0.25) is 10.0 Å². The quantitative estimate of drug-likeness (QED) is 0.725. The summed E-state index contributed by atoms with van der Waals surface area (Å²) in [6, 6.07) is 23.8. The number of primary sulfonamides is 1. The van der Waals surface area contributed by atoms with Crippen LogP contribution in [0.5, 0.6) is 0 Å². The van der Waals surface area contributed by atoms with Crippen LogP contribution in [0.3, 0.4) is 0 Å². The Morgan fingerprint density at radius 1 is 0.808 bits per heavy atom. The number of nitrogens with two attached hydrogens (primary N) is 1. The van der Waals surface area contributed by atoms with E-state index >= 15 is 0 Å². The number of anilines is 1. The van der Waals surface area contributed by atoms with Crippen LogP contribution in [0.15, 0.2) is 78.9 Å². The molecule has 0 aliphatic rings. The van der Waals surface area contributed by atoms with E-state index < -0.39 is 10.0 Å². The predicted molar refractivity (Wildman–Crippen MR) is 103 cm³/mol. The lowest BCUT2D eigenvalue weighted by atomic mass is 10.0. The Labute approximate surface area is 152 Å². The van der Waals surface area contributed by atoms with Gasteiger partial charge in [-0.1, -0.05) is 54.6 Å². The van der Waals surface area contributed by atoms with E-state index in [0.717, 1.165) is 11.1 Å². The Morgan fingerprint density at radius 3 is 1.96 bits per heavy atom. The van der Waals surface area contributed by atoms with Crippen LogP contribution in [0.4, 0.5) is 5.69 Å². The molecule has 6 heteroatoms. The topological polar surface area (TPSA) is 89.3 Å². The molecule has 0 spiro atoms. The van der Waals surface area contributed by atoms with Gasteiger partial charge < -0.3 is 5.32 Å². The van der Waals surface area contributed by atoms with Crippen LogP contribution in [0, 0.1) is 0 Å². The van der Waals surface area contributed by atoms with Crippen LogP contribution in [0.1, 0.15) is 15.9 Å². The summed E-state index contributed by atoms with van der Waals surface area (Å²) < 4.78 is 22.2. The van der Waals surface area contributed by atoms with Gasteiger partial charge in [0.15, 0.2) is 0 Å². The standard InChI is InChI=1S/C20H18N2O3S/c21-26(24,25)14-15-6-12-19(13-7-15)22-20(23)18-10-8-17(9-11-18)16-4-2-1-3-5-16/h1-13H,14H2,(H,22,23)(H2,21,24,25). The summed E-state index contributed by atoms with van der Waals surface area (Å²) in [5, 5.41) is 7.81. The molecule has 1 amide bonds. The summed E-state index contributed by atoms with van der Waals surface area (Å²) in [6.45, 7) is 0. The lowest BCUT2D eigenvalue weighted by Crippen LogP contribution is -2.15. The minimum absolute atomic E-state index is 0.233. The number of sulfonamides is 1. The number of hydrogen-bond acceptors (Lipinski definition) is 3. The lowest BCUT2D eigenvalue weighted by Gasteiger charge is -2.07. The fourth-order valence-corrected chi connectivity index (χ4v) is 3.22. The van der Waals surface area contributed by atoms with Crippen LogP contribution < -0.4 is 10.5 Å². The first-order chi connectivity index (χ1) is 12.4. The highest BCUT2D eigenvalue weighted by Crippen LogP contribution is 2.20. The zero-order valence-electron chi connectivity index (χ0n) is 13.9. The molecule has 0 radical (unpaired) electrons. The average molecular weight is 366 g/mol. The molecule has 5 nitrogen and oxygen atoms in total. The predicted octanol–water partition coefficient (Wildman–Crippen LogP) is 3.39. The molecular formula is C20H18N2O3S. The second kappa shape index (κ2) is 7.51. The van der Waals surface area contributed by atoms with Gasteiger partial charge >= 0.3 is 0 Å². The van der Waals surface area contributed by atoms with Crippen LogP contribution in [0.2, 0.25) is 0 Å². The van der Waals surface area contributed by atoms with Gasteiger partial charge in [0.1, 0.15) is 0 Å². The minimum atomic E-state index is -3.57. The van der Waals surface area contributed by atoms with E-state index in [9.17, 15) is 13.2 Å². The average Bonchev–Trinajstić information content (AvgIpc) is 2.63. The van der Waals surface area contributed by atoms with Crippen LogP contribution in [0.25, 0.3) is 11.1 Å². The minimum Gasteiger partial charge on any atom is -0.322 e. The van der Waals surface area contributed by atoms with Crippen molar-refractivity contribution in [3.8, 4) is 11.1 Å². The zero-order valence-corrected chi connectivity index (χ0v) is 14.7. The maximum Gasteiger partial charge on any atom is 0.255 e. The Balaban J connectivity index is 1.68. The van der Waals surface area contributed by atoms with Gasteiger partial charge in [0, 0.05) is 11.3 Å². The second-order valence-corrected chi connectivity index (χ2v) is 7.52. The molecule has 0 unspecified atom stereocenters. The Hall–Kier alpha value is -2.96. The van der Waals surface area contributed by atoms with Gasteiger partial charge in [-0.2, -0.15) is 0 Å². The number of carbonyl (C=O) groups is 1. The van der Waals surface area contributed by atoms with Crippen molar-refractivity contribution in [2.24, 2.45) is 5.14 Å². The molecule has 3 aromatic rings. The summed E-state index contributed by atoms with van der Waals surface area (Å²) in [7, 11) is -3.57. The number of carbonyl (C=O) groups excluding carboxylic acids is 1. The molecular weight excluding hydrogens is 348 g/mol. The normalized spacial score (nSPS) is 11.1. The molecule has 0 aromatic heterocycles. The summed E-state index contributed by atoms with van der Waals surface area (Å²) >= 11 is 0. The molecule has 0 heterocycles. The highest BCUT2D eigenvalue weighted by Gasteiger charge is 2.08. The van der Waals surface area contributed by atoms with Crippen molar-refractivity contribution < 1.29 is 13.2 Å². The fourth-order valence-electron chi connectivity index (χ4n) is 2.56. The maximum absolute atomic E-state index is 12.3. The van der Waals surface area contributed by atoms with Crippen molar-refractivity contribution in [1.29, 1.82) is 0 Å². The largest absolute Gasteiger partial charge is 0.322 e. The van der Waals surface area contributed by atoms with Crippen LogP contribution in [-0.2, 0) is 15.8 Å². The molecule has 132 valence electrons. The van der Waals surface area contributed by atoms with Crippen molar-refractivity contribution in [3.05, 3.63) is 90.0 Å². The lowest BCUT2D eigenvalue weighted by molar-refractivity contribution is 0.102. The zero-order chi connectivity index (χ0) is 18.6. The molecule has 0 saturated carbocycles. The monoisotopic (exact) mass is 366 g/mol. The molecule has 3 aromatic carbocycles. The third-order valence-electron chi connectivity index (χ3n) is 3.83.